The van der Waals surface area contributed by atoms with Gasteiger partial charge in [0.1, 0.15) is 5.75 Å². The van der Waals surface area contributed by atoms with Gasteiger partial charge in [0.2, 0.25) is 5.91 Å². The zero-order chi connectivity index (χ0) is 15.6. The minimum Gasteiger partial charge on any atom is -0.508 e. The second kappa shape index (κ2) is 6.16. The topological polar surface area (TPSA) is 77.8 Å². The summed E-state index contributed by atoms with van der Waals surface area (Å²) in [6.45, 7) is 1.86. The Morgan fingerprint density at radius 3 is 2.43 bits per heavy atom. The molecule has 1 aliphatic rings. The number of aliphatic carboxylic acids is 1. The second-order valence-electron chi connectivity index (χ2n) is 5.73. The first-order valence-electron chi connectivity index (χ1n) is 7.19. The van der Waals surface area contributed by atoms with Gasteiger partial charge in [-0.15, -0.1) is 0 Å². The van der Waals surface area contributed by atoms with Crippen molar-refractivity contribution in [2.45, 2.75) is 32.2 Å². The number of carboxylic acids is 1. The monoisotopic (exact) mass is 291 g/mol. The average molecular weight is 291 g/mol. The van der Waals surface area contributed by atoms with Crippen molar-refractivity contribution in [3.63, 3.8) is 0 Å². The molecule has 2 rings (SSSR count). The van der Waals surface area contributed by atoms with Crippen LogP contribution in [-0.4, -0.2) is 34.0 Å². The van der Waals surface area contributed by atoms with Crippen LogP contribution in [0.25, 0.3) is 0 Å². The SMILES string of the molecule is CC(c1ccccc1O)N(C)C(=O)[C@@H]1CC[C@H](C(=O)O)C1. The van der Waals surface area contributed by atoms with E-state index in [1.165, 1.54) is 0 Å². The maximum absolute atomic E-state index is 12.5. The number of hydrogen-bond acceptors (Lipinski definition) is 3. The third-order valence-corrected chi connectivity index (χ3v) is 4.45. The summed E-state index contributed by atoms with van der Waals surface area (Å²) in [6, 6.07) is 6.70. The van der Waals surface area contributed by atoms with Crippen LogP contribution in [0.5, 0.6) is 5.75 Å². The Kier molecular flexibility index (Phi) is 4.50. The summed E-state index contributed by atoms with van der Waals surface area (Å²) in [4.78, 5) is 25.1. The zero-order valence-electron chi connectivity index (χ0n) is 12.3. The second-order valence-corrected chi connectivity index (χ2v) is 5.73. The van der Waals surface area contributed by atoms with Crippen LogP contribution >= 0.6 is 0 Å². The lowest BCUT2D eigenvalue weighted by molar-refractivity contribution is -0.141. The lowest BCUT2D eigenvalue weighted by Gasteiger charge is -2.28. The largest absolute Gasteiger partial charge is 0.508 e. The fourth-order valence-electron chi connectivity index (χ4n) is 2.96. The van der Waals surface area contributed by atoms with Crippen molar-refractivity contribution in [2.24, 2.45) is 11.8 Å². The van der Waals surface area contributed by atoms with E-state index in [-0.39, 0.29) is 23.6 Å². The molecule has 1 aromatic carbocycles. The summed E-state index contributed by atoms with van der Waals surface area (Å²) >= 11 is 0. The molecule has 1 aromatic rings. The summed E-state index contributed by atoms with van der Waals surface area (Å²) in [7, 11) is 1.70. The summed E-state index contributed by atoms with van der Waals surface area (Å²) in [6.07, 6.45) is 1.59. The molecule has 1 unspecified atom stereocenters. The highest BCUT2D eigenvalue weighted by Gasteiger charge is 2.36. The van der Waals surface area contributed by atoms with Crippen molar-refractivity contribution >= 4 is 11.9 Å². The first kappa shape index (κ1) is 15.4. The van der Waals surface area contributed by atoms with E-state index in [2.05, 4.69) is 0 Å². The molecule has 1 saturated carbocycles. The Bertz CT molecular complexity index is 543. The van der Waals surface area contributed by atoms with Gasteiger partial charge in [-0.1, -0.05) is 18.2 Å². The van der Waals surface area contributed by atoms with Crippen LogP contribution in [0.1, 0.15) is 37.8 Å². The van der Waals surface area contributed by atoms with Crippen LogP contribution in [0.3, 0.4) is 0 Å². The standard InChI is InChI=1S/C16H21NO4/c1-10(13-5-3-4-6-14(13)18)17(2)15(19)11-7-8-12(9-11)16(20)21/h3-6,10-12,18H,7-9H2,1-2H3,(H,20,21)/t10?,11-,12+/m1/s1. The van der Waals surface area contributed by atoms with Gasteiger partial charge in [0.05, 0.1) is 12.0 Å². The van der Waals surface area contributed by atoms with Gasteiger partial charge in [0.15, 0.2) is 0 Å². The van der Waals surface area contributed by atoms with Crippen LogP contribution < -0.4 is 0 Å². The highest BCUT2D eigenvalue weighted by atomic mass is 16.4. The molecule has 5 heteroatoms. The van der Waals surface area contributed by atoms with Crippen LogP contribution in [0.4, 0.5) is 0 Å². The van der Waals surface area contributed by atoms with E-state index in [9.17, 15) is 14.7 Å². The molecule has 1 aliphatic carbocycles. The van der Waals surface area contributed by atoms with Gasteiger partial charge in [-0.3, -0.25) is 9.59 Å². The molecule has 5 nitrogen and oxygen atoms in total. The van der Waals surface area contributed by atoms with Crippen molar-refractivity contribution < 1.29 is 19.8 Å². The molecule has 114 valence electrons. The molecular formula is C16H21NO4. The summed E-state index contributed by atoms with van der Waals surface area (Å²) in [5, 5.41) is 18.9. The molecule has 0 heterocycles. The van der Waals surface area contributed by atoms with Gasteiger partial charge in [0, 0.05) is 18.5 Å². The number of phenolic OH excluding ortho intramolecular Hbond substituents is 1. The number of carbonyl (C=O) groups excluding carboxylic acids is 1. The van der Waals surface area contributed by atoms with Crippen molar-refractivity contribution in [1.82, 2.24) is 4.90 Å². The first-order valence-corrected chi connectivity index (χ1v) is 7.19. The van der Waals surface area contributed by atoms with Crippen LogP contribution in [0.2, 0.25) is 0 Å². The van der Waals surface area contributed by atoms with E-state index in [1.54, 1.807) is 30.1 Å². The summed E-state index contributed by atoms with van der Waals surface area (Å²) < 4.78 is 0. The molecule has 0 aliphatic heterocycles. The van der Waals surface area contributed by atoms with Crippen LogP contribution in [0.15, 0.2) is 24.3 Å². The average Bonchev–Trinajstić information content (AvgIpc) is 2.95. The highest BCUT2D eigenvalue weighted by molar-refractivity contribution is 5.81. The van der Waals surface area contributed by atoms with Gasteiger partial charge in [-0.25, -0.2) is 0 Å². The molecular weight excluding hydrogens is 270 g/mol. The smallest absolute Gasteiger partial charge is 0.306 e. The molecule has 21 heavy (non-hydrogen) atoms. The third-order valence-electron chi connectivity index (χ3n) is 4.45. The third kappa shape index (κ3) is 3.17. The molecule has 1 amide bonds. The minimum absolute atomic E-state index is 0.0468. The molecule has 3 atom stereocenters. The molecule has 0 bridgehead atoms. The van der Waals surface area contributed by atoms with Gasteiger partial charge in [-0.2, -0.15) is 0 Å². The quantitative estimate of drug-likeness (QED) is 0.893. The lowest BCUT2D eigenvalue weighted by Crippen LogP contribution is -2.34. The Morgan fingerprint density at radius 1 is 1.24 bits per heavy atom. The predicted molar refractivity (Wildman–Crippen MR) is 77.8 cm³/mol. The number of benzene rings is 1. The Balaban J connectivity index is 2.06. The van der Waals surface area contributed by atoms with Crippen molar-refractivity contribution in [2.75, 3.05) is 7.05 Å². The number of rotatable bonds is 4. The summed E-state index contributed by atoms with van der Waals surface area (Å²) in [5.41, 5.74) is 0.695. The van der Waals surface area contributed by atoms with Gasteiger partial charge >= 0.3 is 5.97 Å². The summed E-state index contributed by atoms with van der Waals surface area (Å²) in [5.74, 6) is -1.34. The van der Waals surface area contributed by atoms with E-state index >= 15 is 0 Å². The number of amides is 1. The zero-order valence-corrected chi connectivity index (χ0v) is 12.3. The van der Waals surface area contributed by atoms with Gasteiger partial charge < -0.3 is 15.1 Å². The van der Waals surface area contributed by atoms with E-state index < -0.39 is 11.9 Å². The lowest BCUT2D eigenvalue weighted by atomic mass is 10.0. The van der Waals surface area contributed by atoms with Crippen molar-refractivity contribution in [3.8, 4) is 5.75 Å². The molecule has 1 fully saturated rings. The maximum atomic E-state index is 12.5. The molecule has 0 radical (unpaired) electrons. The van der Waals surface area contributed by atoms with E-state index in [1.807, 2.05) is 13.0 Å². The van der Waals surface area contributed by atoms with Crippen LogP contribution in [0, 0.1) is 11.8 Å². The van der Waals surface area contributed by atoms with E-state index in [0.29, 0.717) is 24.8 Å². The van der Waals surface area contributed by atoms with Crippen molar-refractivity contribution in [1.29, 1.82) is 0 Å². The van der Waals surface area contributed by atoms with Crippen molar-refractivity contribution in [3.05, 3.63) is 29.8 Å². The predicted octanol–water partition coefficient (Wildman–Crippen LogP) is 2.41. The number of para-hydroxylation sites is 1. The van der Waals surface area contributed by atoms with Gasteiger partial charge in [0.25, 0.3) is 0 Å². The number of carbonyl (C=O) groups is 2. The molecule has 0 aromatic heterocycles. The Hall–Kier alpha value is -2.04. The fraction of sp³-hybridized carbons (Fsp3) is 0.500. The van der Waals surface area contributed by atoms with Crippen LogP contribution in [-0.2, 0) is 9.59 Å². The minimum atomic E-state index is -0.818. The number of aromatic hydroxyl groups is 1. The number of phenols is 1. The molecule has 0 saturated heterocycles. The van der Waals surface area contributed by atoms with Gasteiger partial charge in [-0.05, 0) is 32.3 Å². The Labute approximate surface area is 124 Å². The van der Waals surface area contributed by atoms with E-state index in [0.717, 1.165) is 0 Å². The Morgan fingerprint density at radius 2 is 1.86 bits per heavy atom. The van der Waals surface area contributed by atoms with E-state index in [4.69, 9.17) is 5.11 Å². The first-order chi connectivity index (χ1) is 9.91. The fourth-order valence-corrected chi connectivity index (χ4v) is 2.96. The molecule has 0 spiro atoms. The molecule has 2 N–H and O–H groups in total. The highest BCUT2D eigenvalue weighted by Crippen LogP contribution is 2.35. The number of hydrogen-bond donors (Lipinski definition) is 2. The normalized spacial score (nSPS) is 22.8. The maximum Gasteiger partial charge on any atom is 0.306 e. The number of carboxylic acid groups (broad SMARTS) is 1. The number of nitrogens with zero attached hydrogens (tertiary/aromatic N) is 1.